The zero-order valence-electron chi connectivity index (χ0n) is 12.7. The summed E-state index contributed by atoms with van der Waals surface area (Å²) in [5.74, 6) is -0.156. The lowest BCUT2D eigenvalue weighted by molar-refractivity contribution is 0.314. The normalized spacial score (nSPS) is 24.8. The van der Waals surface area contributed by atoms with Crippen LogP contribution in [0.15, 0.2) is 12.1 Å². The number of hydrogen-bond acceptors (Lipinski definition) is 2. The Morgan fingerprint density at radius 3 is 2.70 bits per heavy atom. The fraction of sp³-hybridized carbons (Fsp3) is 0.625. The predicted octanol–water partition coefficient (Wildman–Crippen LogP) is 3.49. The largest absolute Gasteiger partial charge is 0.364 e. The van der Waals surface area contributed by atoms with Gasteiger partial charge in [0.1, 0.15) is 11.6 Å². The summed E-state index contributed by atoms with van der Waals surface area (Å²) in [6.45, 7) is 9.49. The molecule has 1 N–H and O–H groups in total. The molecule has 0 radical (unpaired) electrons. The van der Waals surface area contributed by atoms with Gasteiger partial charge in [0.2, 0.25) is 0 Å². The smallest absolute Gasteiger partial charge is 0.146 e. The highest BCUT2D eigenvalue weighted by atomic mass is 19.1. The van der Waals surface area contributed by atoms with Crippen LogP contribution in [0.1, 0.15) is 32.8 Å². The molecule has 20 heavy (non-hydrogen) atoms. The summed E-state index contributed by atoms with van der Waals surface area (Å²) in [4.78, 5) is 1.99. The molecule has 0 saturated carbocycles. The molecule has 3 atom stereocenters. The van der Waals surface area contributed by atoms with Crippen molar-refractivity contribution in [2.45, 2.75) is 46.2 Å². The SMILES string of the molecule is CCC(C)C1CN(c2cc(F)c(C)cc2F)C(C)CN1. The second-order valence-electron chi connectivity index (χ2n) is 5.95. The third-order valence-electron chi connectivity index (χ3n) is 4.47. The number of benzene rings is 1. The lowest BCUT2D eigenvalue weighted by atomic mass is 9.95. The molecule has 1 fully saturated rings. The Morgan fingerprint density at radius 1 is 1.35 bits per heavy atom. The first-order chi connectivity index (χ1) is 9.43. The number of halogens is 2. The number of hydrogen-bond donors (Lipinski definition) is 1. The molecule has 0 bridgehead atoms. The highest BCUT2D eigenvalue weighted by Gasteiger charge is 2.29. The Bertz CT molecular complexity index is 476. The van der Waals surface area contributed by atoms with Crippen molar-refractivity contribution >= 4 is 5.69 Å². The molecule has 0 aromatic heterocycles. The van der Waals surface area contributed by atoms with E-state index in [0.29, 0.717) is 23.2 Å². The molecule has 1 heterocycles. The van der Waals surface area contributed by atoms with E-state index in [1.807, 2.05) is 11.8 Å². The van der Waals surface area contributed by atoms with Crippen molar-refractivity contribution in [1.29, 1.82) is 0 Å². The molecule has 0 amide bonds. The van der Waals surface area contributed by atoms with E-state index in [-0.39, 0.29) is 17.7 Å². The van der Waals surface area contributed by atoms with E-state index in [4.69, 9.17) is 0 Å². The zero-order chi connectivity index (χ0) is 14.9. The summed E-state index contributed by atoms with van der Waals surface area (Å²) < 4.78 is 27.9. The summed E-state index contributed by atoms with van der Waals surface area (Å²) in [5, 5.41) is 3.51. The molecule has 1 aliphatic rings. The van der Waals surface area contributed by atoms with Gasteiger partial charge in [0.15, 0.2) is 0 Å². The van der Waals surface area contributed by atoms with E-state index in [2.05, 4.69) is 19.2 Å². The Labute approximate surface area is 120 Å². The molecule has 3 unspecified atom stereocenters. The second kappa shape index (κ2) is 6.08. The molecule has 0 spiro atoms. The van der Waals surface area contributed by atoms with Crippen LogP contribution in [0.4, 0.5) is 14.5 Å². The molecule has 1 aromatic carbocycles. The Hall–Kier alpha value is -1.16. The molecule has 1 aliphatic heterocycles. The molecule has 112 valence electrons. The van der Waals surface area contributed by atoms with Crippen LogP contribution in [0.5, 0.6) is 0 Å². The van der Waals surface area contributed by atoms with Crippen LogP contribution in [0.25, 0.3) is 0 Å². The van der Waals surface area contributed by atoms with E-state index >= 15 is 0 Å². The summed E-state index contributed by atoms with van der Waals surface area (Å²) in [7, 11) is 0. The molecular weight excluding hydrogens is 258 g/mol. The minimum atomic E-state index is -0.341. The lowest BCUT2D eigenvalue weighted by Gasteiger charge is -2.42. The van der Waals surface area contributed by atoms with Gasteiger partial charge in [0.05, 0.1) is 5.69 Å². The minimum absolute atomic E-state index is 0.159. The monoisotopic (exact) mass is 282 g/mol. The number of rotatable bonds is 3. The van der Waals surface area contributed by atoms with Crippen molar-refractivity contribution in [2.24, 2.45) is 5.92 Å². The highest BCUT2D eigenvalue weighted by molar-refractivity contribution is 5.51. The number of piperazine rings is 1. The van der Waals surface area contributed by atoms with Crippen molar-refractivity contribution in [1.82, 2.24) is 5.32 Å². The average molecular weight is 282 g/mol. The van der Waals surface area contributed by atoms with E-state index < -0.39 is 0 Å². The van der Waals surface area contributed by atoms with E-state index in [0.717, 1.165) is 19.5 Å². The summed E-state index contributed by atoms with van der Waals surface area (Å²) in [6, 6.07) is 3.10. The third-order valence-corrected chi connectivity index (χ3v) is 4.47. The standard InChI is InChI=1S/C16H24F2N2/c1-5-10(2)15-9-20(12(4)8-19-15)16-7-13(17)11(3)6-14(16)18/h6-7,10,12,15,19H,5,8-9H2,1-4H3. The molecule has 0 aliphatic carbocycles. The van der Waals surface area contributed by atoms with Gasteiger partial charge in [-0.1, -0.05) is 20.3 Å². The van der Waals surface area contributed by atoms with Crippen LogP contribution in [0.2, 0.25) is 0 Å². The van der Waals surface area contributed by atoms with Crippen molar-refractivity contribution in [3.63, 3.8) is 0 Å². The Morgan fingerprint density at radius 2 is 2.05 bits per heavy atom. The quantitative estimate of drug-likeness (QED) is 0.913. The van der Waals surface area contributed by atoms with E-state index in [1.165, 1.54) is 12.1 Å². The maximum Gasteiger partial charge on any atom is 0.146 e. The van der Waals surface area contributed by atoms with Crippen LogP contribution in [0.3, 0.4) is 0 Å². The van der Waals surface area contributed by atoms with E-state index in [1.54, 1.807) is 6.92 Å². The molecule has 1 aromatic rings. The Balaban J connectivity index is 2.27. The number of nitrogens with zero attached hydrogens (tertiary/aromatic N) is 1. The first-order valence-corrected chi connectivity index (χ1v) is 7.39. The Kier molecular flexibility index (Phi) is 4.63. The van der Waals surface area contributed by atoms with E-state index in [9.17, 15) is 8.78 Å². The van der Waals surface area contributed by atoms with Crippen molar-refractivity contribution < 1.29 is 8.78 Å². The van der Waals surface area contributed by atoms with Gasteiger partial charge in [-0.15, -0.1) is 0 Å². The second-order valence-corrected chi connectivity index (χ2v) is 5.95. The molecule has 2 nitrogen and oxygen atoms in total. The highest BCUT2D eigenvalue weighted by Crippen LogP contribution is 2.27. The number of nitrogens with one attached hydrogen (secondary N) is 1. The fourth-order valence-corrected chi connectivity index (χ4v) is 2.75. The molecular formula is C16H24F2N2. The van der Waals surface area contributed by atoms with Gasteiger partial charge in [-0.3, -0.25) is 0 Å². The minimum Gasteiger partial charge on any atom is -0.364 e. The van der Waals surface area contributed by atoms with Crippen LogP contribution in [-0.2, 0) is 0 Å². The van der Waals surface area contributed by atoms with Gasteiger partial charge >= 0.3 is 0 Å². The summed E-state index contributed by atoms with van der Waals surface area (Å²) in [6.07, 6.45) is 1.07. The van der Waals surface area contributed by atoms with Crippen molar-refractivity contribution in [2.75, 3.05) is 18.0 Å². The van der Waals surface area contributed by atoms with Gasteiger partial charge in [0, 0.05) is 31.2 Å². The van der Waals surface area contributed by atoms with Gasteiger partial charge in [0.25, 0.3) is 0 Å². The fourth-order valence-electron chi connectivity index (χ4n) is 2.75. The molecule has 1 saturated heterocycles. The first-order valence-electron chi connectivity index (χ1n) is 7.39. The third kappa shape index (κ3) is 2.95. The number of anilines is 1. The molecule has 2 rings (SSSR count). The topological polar surface area (TPSA) is 15.3 Å². The van der Waals surface area contributed by atoms with Gasteiger partial charge in [-0.05, 0) is 31.4 Å². The maximum atomic E-state index is 14.2. The average Bonchev–Trinajstić information content (AvgIpc) is 2.43. The lowest BCUT2D eigenvalue weighted by Crippen LogP contribution is -2.57. The molecule has 4 heteroatoms. The van der Waals surface area contributed by atoms with Crippen molar-refractivity contribution in [3.05, 3.63) is 29.3 Å². The predicted molar refractivity (Wildman–Crippen MR) is 79.1 cm³/mol. The van der Waals surface area contributed by atoms with Crippen LogP contribution in [-0.4, -0.2) is 25.2 Å². The van der Waals surface area contributed by atoms with Crippen LogP contribution in [0, 0.1) is 24.5 Å². The van der Waals surface area contributed by atoms with Crippen LogP contribution >= 0.6 is 0 Å². The summed E-state index contributed by atoms with van der Waals surface area (Å²) in [5.41, 5.74) is 0.739. The van der Waals surface area contributed by atoms with Gasteiger partial charge in [-0.25, -0.2) is 8.78 Å². The van der Waals surface area contributed by atoms with Gasteiger partial charge < -0.3 is 10.2 Å². The van der Waals surface area contributed by atoms with Gasteiger partial charge in [-0.2, -0.15) is 0 Å². The number of aryl methyl sites for hydroxylation is 1. The maximum absolute atomic E-state index is 14.2. The van der Waals surface area contributed by atoms with Crippen LogP contribution < -0.4 is 10.2 Å². The van der Waals surface area contributed by atoms with Crippen molar-refractivity contribution in [3.8, 4) is 0 Å². The first kappa shape index (κ1) is 15.2. The summed E-state index contributed by atoms with van der Waals surface area (Å²) >= 11 is 0. The zero-order valence-corrected chi connectivity index (χ0v) is 12.7.